The number of H-pyrrole nitrogens is 1. The molecule has 1 aliphatic rings. The predicted octanol–water partition coefficient (Wildman–Crippen LogP) is -0.383. The summed E-state index contributed by atoms with van der Waals surface area (Å²) in [6, 6.07) is 0.226. The maximum Gasteiger partial charge on any atom is 0.246 e. The summed E-state index contributed by atoms with van der Waals surface area (Å²) in [5.41, 5.74) is 0.462. The van der Waals surface area contributed by atoms with E-state index in [4.69, 9.17) is 0 Å². The van der Waals surface area contributed by atoms with Crippen molar-refractivity contribution in [3.05, 3.63) is 11.9 Å². The third kappa shape index (κ3) is 2.70. The number of likely N-dealkylation sites (N-methyl/N-ethyl adjacent to an activating group) is 1. The van der Waals surface area contributed by atoms with E-state index >= 15 is 0 Å². The summed E-state index contributed by atoms with van der Waals surface area (Å²) in [5, 5.41) is 8.99. The molecule has 2 N–H and O–H groups in total. The Balaban J connectivity index is 2.05. The summed E-state index contributed by atoms with van der Waals surface area (Å²) >= 11 is 0. The molecular formula is C10H16N4O3S. The summed E-state index contributed by atoms with van der Waals surface area (Å²) in [4.78, 5) is 11.7. The fraction of sp³-hybridized carbons (Fsp3) is 0.600. The Morgan fingerprint density at radius 1 is 1.61 bits per heavy atom. The van der Waals surface area contributed by atoms with Crippen LogP contribution in [0, 0.1) is 6.92 Å². The van der Waals surface area contributed by atoms with Gasteiger partial charge in [-0.2, -0.15) is 9.40 Å². The monoisotopic (exact) mass is 272 g/mol. The highest BCUT2D eigenvalue weighted by atomic mass is 32.2. The Morgan fingerprint density at radius 3 is 2.78 bits per heavy atom. The van der Waals surface area contributed by atoms with Crippen LogP contribution in [0.3, 0.4) is 0 Å². The van der Waals surface area contributed by atoms with Gasteiger partial charge in [-0.3, -0.25) is 9.89 Å². The van der Waals surface area contributed by atoms with Crippen LogP contribution < -0.4 is 5.32 Å². The summed E-state index contributed by atoms with van der Waals surface area (Å²) in [6.45, 7) is 1.45. The summed E-state index contributed by atoms with van der Waals surface area (Å²) in [6.07, 6.45) is 3.20. The molecule has 1 heterocycles. The van der Waals surface area contributed by atoms with E-state index in [1.165, 1.54) is 13.2 Å². The van der Waals surface area contributed by atoms with Gasteiger partial charge in [-0.05, 0) is 19.8 Å². The van der Waals surface area contributed by atoms with Gasteiger partial charge in [0, 0.05) is 13.1 Å². The average Bonchev–Trinajstić information content (AvgIpc) is 2.97. The number of hydrogen-bond donors (Lipinski definition) is 2. The van der Waals surface area contributed by atoms with E-state index in [9.17, 15) is 13.2 Å². The van der Waals surface area contributed by atoms with Gasteiger partial charge in [-0.15, -0.1) is 0 Å². The number of aryl methyl sites for hydroxylation is 1. The molecule has 0 bridgehead atoms. The molecular weight excluding hydrogens is 256 g/mol. The second kappa shape index (κ2) is 4.69. The number of nitrogens with zero attached hydrogens (tertiary/aromatic N) is 2. The van der Waals surface area contributed by atoms with Crippen molar-refractivity contribution in [3.63, 3.8) is 0 Å². The fourth-order valence-corrected chi connectivity index (χ4v) is 2.80. The third-order valence-electron chi connectivity index (χ3n) is 2.78. The Hall–Kier alpha value is -1.41. The minimum atomic E-state index is -3.66. The molecule has 0 spiro atoms. The number of hydrogen-bond acceptors (Lipinski definition) is 4. The van der Waals surface area contributed by atoms with E-state index in [0.717, 1.165) is 17.1 Å². The van der Waals surface area contributed by atoms with Crippen LogP contribution in [0.15, 0.2) is 11.1 Å². The van der Waals surface area contributed by atoms with E-state index in [-0.39, 0.29) is 23.4 Å². The number of aromatic amines is 1. The van der Waals surface area contributed by atoms with Gasteiger partial charge in [0.05, 0.1) is 18.4 Å². The lowest BCUT2D eigenvalue weighted by Crippen LogP contribution is -2.39. The normalized spacial score (nSPS) is 15.9. The first-order valence-corrected chi connectivity index (χ1v) is 7.11. The van der Waals surface area contributed by atoms with Crippen LogP contribution in [0.25, 0.3) is 0 Å². The van der Waals surface area contributed by atoms with Crippen LogP contribution in [0.2, 0.25) is 0 Å². The zero-order chi connectivity index (χ0) is 13.3. The van der Waals surface area contributed by atoms with Crippen LogP contribution in [0.4, 0.5) is 0 Å². The number of amides is 1. The van der Waals surface area contributed by atoms with Gasteiger partial charge in [0.2, 0.25) is 15.9 Å². The molecule has 1 aromatic heterocycles. The van der Waals surface area contributed by atoms with Gasteiger partial charge in [-0.1, -0.05) is 0 Å². The van der Waals surface area contributed by atoms with E-state index < -0.39 is 10.0 Å². The van der Waals surface area contributed by atoms with Gasteiger partial charge < -0.3 is 5.32 Å². The molecule has 1 aliphatic carbocycles. The number of carbonyl (C=O) groups is 1. The molecule has 0 aromatic carbocycles. The summed E-state index contributed by atoms with van der Waals surface area (Å²) in [7, 11) is -2.27. The molecule has 0 aliphatic heterocycles. The molecule has 0 saturated heterocycles. The van der Waals surface area contributed by atoms with Gasteiger partial charge in [-0.25, -0.2) is 8.42 Å². The minimum absolute atomic E-state index is 0.101. The average molecular weight is 272 g/mol. The van der Waals surface area contributed by atoms with E-state index in [0.29, 0.717) is 5.69 Å². The van der Waals surface area contributed by atoms with Crippen molar-refractivity contribution < 1.29 is 13.2 Å². The predicted molar refractivity (Wildman–Crippen MR) is 64.3 cm³/mol. The molecule has 0 atom stereocenters. The SMILES string of the molecule is Cc1[nH]ncc1S(=O)(=O)N(C)CC(=O)NC1CC1. The van der Waals surface area contributed by atoms with Crippen molar-refractivity contribution in [2.75, 3.05) is 13.6 Å². The highest BCUT2D eigenvalue weighted by molar-refractivity contribution is 7.89. The van der Waals surface area contributed by atoms with Crippen LogP contribution >= 0.6 is 0 Å². The van der Waals surface area contributed by atoms with E-state index in [1.54, 1.807) is 6.92 Å². The molecule has 1 aromatic rings. The highest BCUT2D eigenvalue weighted by Crippen LogP contribution is 2.19. The molecule has 100 valence electrons. The summed E-state index contributed by atoms with van der Waals surface area (Å²) < 4.78 is 25.3. The molecule has 18 heavy (non-hydrogen) atoms. The molecule has 1 amide bonds. The first-order chi connectivity index (χ1) is 8.41. The Bertz CT molecular complexity index is 547. The van der Waals surface area contributed by atoms with Crippen molar-refractivity contribution >= 4 is 15.9 Å². The van der Waals surface area contributed by atoms with Crippen LogP contribution in [0.1, 0.15) is 18.5 Å². The molecule has 8 heteroatoms. The zero-order valence-electron chi connectivity index (χ0n) is 10.3. The third-order valence-corrected chi connectivity index (χ3v) is 4.70. The lowest BCUT2D eigenvalue weighted by atomic mass is 10.5. The lowest BCUT2D eigenvalue weighted by Gasteiger charge is -2.16. The topological polar surface area (TPSA) is 95.2 Å². The number of sulfonamides is 1. The fourth-order valence-electron chi connectivity index (χ4n) is 1.56. The van der Waals surface area contributed by atoms with E-state index in [2.05, 4.69) is 15.5 Å². The van der Waals surface area contributed by atoms with Crippen LogP contribution in [-0.2, 0) is 14.8 Å². The Labute approximate surface area is 106 Å². The van der Waals surface area contributed by atoms with E-state index in [1.807, 2.05) is 0 Å². The Kier molecular flexibility index (Phi) is 3.40. The number of nitrogens with one attached hydrogen (secondary N) is 2. The van der Waals surface area contributed by atoms with Gasteiger partial charge in [0.15, 0.2) is 0 Å². The van der Waals surface area contributed by atoms with Crippen LogP contribution in [0.5, 0.6) is 0 Å². The van der Waals surface area contributed by atoms with Crippen molar-refractivity contribution in [1.82, 2.24) is 19.8 Å². The smallest absolute Gasteiger partial charge is 0.246 e. The molecule has 0 radical (unpaired) electrons. The quantitative estimate of drug-likeness (QED) is 0.763. The first-order valence-electron chi connectivity index (χ1n) is 5.67. The first kappa shape index (κ1) is 13.0. The number of carbonyl (C=O) groups excluding carboxylic acids is 1. The van der Waals surface area contributed by atoms with Gasteiger partial charge >= 0.3 is 0 Å². The van der Waals surface area contributed by atoms with Crippen LogP contribution in [-0.4, -0.2) is 48.5 Å². The van der Waals surface area contributed by atoms with Crippen molar-refractivity contribution in [3.8, 4) is 0 Å². The molecule has 1 fully saturated rings. The maximum atomic E-state index is 12.1. The maximum absolute atomic E-state index is 12.1. The highest BCUT2D eigenvalue weighted by Gasteiger charge is 2.28. The molecule has 0 unspecified atom stereocenters. The largest absolute Gasteiger partial charge is 0.352 e. The second-order valence-corrected chi connectivity index (χ2v) is 6.48. The molecule has 7 nitrogen and oxygen atoms in total. The van der Waals surface area contributed by atoms with Crippen molar-refractivity contribution in [1.29, 1.82) is 0 Å². The minimum Gasteiger partial charge on any atom is -0.352 e. The number of rotatable bonds is 5. The van der Waals surface area contributed by atoms with Crippen molar-refractivity contribution in [2.45, 2.75) is 30.7 Å². The molecule has 2 rings (SSSR count). The Morgan fingerprint density at radius 2 is 2.28 bits per heavy atom. The number of aromatic nitrogens is 2. The standard InChI is InChI=1S/C10H16N4O3S/c1-7-9(5-11-13-7)18(16,17)14(2)6-10(15)12-8-3-4-8/h5,8H,3-4,6H2,1-2H3,(H,11,13)(H,12,15). The second-order valence-electron chi connectivity index (χ2n) is 4.46. The summed E-state index contributed by atoms with van der Waals surface area (Å²) in [5.74, 6) is -0.273. The van der Waals surface area contributed by atoms with Gasteiger partial charge in [0.25, 0.3) is 0 Å². The molecule has 1 saturated carbocycles. The zero-order valence-corrected chi connectivity index (χ0v) is 11.1. The lowest BCUT2D eigenvalue weighted by molar-refractivity contribution is -0.121. The van der Waals surface area contributed by atoms with Crippen molar-refractivity contribution in [2.24, 2.45) is 0 Å². The van der Waals surface area contributed by atoms with Gasteiger partial charge in [0.1, 0.15) is 4.90 Å².